The zero-order chi connectivity index (χ0) is 16.3. The number of pyridine rings is 1. The van der Waals surface area contributed by atoms with Gasteiger partial charge < -0.3 is 10.6 Å². The normalized spacial score (nSPS) is 10.6. The molecule has 0 radical (unpaired) electrons. The van der Waals surface area contributed by atoms with Crippen LogP contribution in [0.1, 0.15) is 35.3 Å². The van der Waals surface area contributed by atoms with Crippen LogP contribution in [0.5, 0.6) is 0 Å². The predicted octanol–water partition coefficient (Wildman–Crippen LogP) is 4.42. The third-order valence-corrected chi connectivity index (χ3v) is 3.42. The van der Waals surface area contributed by atoms with Gasteiger partial charge in [-0.2, -0.15) is 0 Å². The summed E-state index contributed by atoms with van der Waals surface area (Å²) in [6.45, 7) is 7.95. The third-order valence-electron chi connectivity index (χ3n) is 3.13. The van der Waals surface area contributed by atoms with Gasteiger partial charge in [-0.1, -0.05) is 17.7 Å². The Morgan fingerprint density at radius 2 is 1.91 bits per heavy atom. The summed E-state index contributed by atoms with van der Waals surface area (Å²) in [4.78, 5) is 16.5. The number of amides is 1. The molecule has 2 rings (SSSR count). The Labute approximate surface area is 135 Å². The minimum atomic E-state index is -0.228. The lowest BCUT2D eigenvalue weighted by atomic mass is 10.1. The molecule has 1 heterocycles. The number of benzene rings is 1. The highest BCUT2D eigenvalue weighted by Gasteiger charge is 2.12. The van der Waals surface area contributed by atoms with Crippen LogP contribution < -0.4 is 10.6 Å². The van der Waals surface area contributed by atoms with Gasteiger partial charge in [0.05, 0.1) is 22.0 Å². The number of aromatic nitrogens is 1. The van der Waals surface area contributed by atoms with Crippen molar-refractivity contribution < 1.29 is 4.79 Å². The van der Waals surface area contributed by atoms with Crippen molar-refractivity contribution in [2.75, 3.05) is 10.6 Å². The minimum absolute atomic E-state index is 0.228. The summed E-state index contributed by atoms with van der Waals surface area (Å²) in [6, 6.07) is 5.86. The van der Waals surface area contributed by atoms with Crippen LogP contribution in [-0.2, 0) is 0 Å². The van der Waals surface area contributed by atoms with Gasteiger partial charge >= 0.3 is 0 Å². The highest BCUT2D eigenvalue weighted by Crippen LogP contribution is 2.27. The molecule has 4 nitrogen and oxygen atoms in total. The number of nitrogens with zero attached hydrogens (tertiary/aromatic N) is 1. The second kappa shape index (κ2) is 6.79. The summed E-state index contributed by atoms with van der Waals surface area (Å²) in [7, 11) is 0. The molecule has 116 valence electrons. The Bertz CT molecular complexity index is 675. The first-order valence-electron chi connectivity index (χ1n) is 7.16. The molecule has 0 aliphatic rings. The first-order chi connectivity index (χ1) is 10.4. The molecule has 1 amide bonds. The zero-order valence-corrected chi connectivity index (χ0v) is 14.0. The molecule has 0 unspecified atom stereocenters. The average Bonchev–Trinajstić information content (AvgIpc) is 2.42. The molecule has 1 aromatic carbocycles. The van der Waals surface area contributed by atoms with Gasteiger partial charge in [-0.3, -0.25) is 9.78 Å². The summed E-state index contributed by atoms with van der Waals surface area (Å²) in [5.41, 5.74) is 3.93. The Morgan fingerprint density at radius 3 is 2.55 bits per heavy atom. The third kappa shape index (κ3) is 3.98. The van der Waals surface area contributed by atoms with Crippen molar-refractivity contribution >= 4 is 28.9 Å². The largest absolute Gasteiger partial charge is 0.382 e. The number of aryl methyl sites for hydroxylation is 2. The van der Waals surface area contributed by atoms with Crippen LogP contribution in [0.15, 0.2) is 30.6 Å². The number of rotatable bonds is 4. The van der Waals surface area contributed by atoms with Crippen molar-refractivity contribution in [3.05, 3.63) is 52.3 Å². The highest BCUT2D eigenvalue weighted by atomic mass is 35.5. The van der Waals surface area contributed by atoms with Gasteiger partial charge in [0.15, 0.2) is 0 Å². The Hall–Kier alpha value is -2.07. The average molecular weight is 318 g/mol. The van der Waals surface area contributed by atoms with E-state index in [2.05, 4.69) is 15.6 Å². The monoisotopic (exact) mass is 317 g/mol. The number of hydrogen-bond acceptors (Lipinski definition) is 3. The van der Waals surface area contributed by atoms with E-state index in [-0.39, 0.29) is 11.9 Å². The Morgan fingerprint density at radius 1 is 1.18 bits per heavy atom. The molecule has 2 aromatic rings. The summed E-state index contributed by atoms with van der Waals surface area (Å²) >= 11 is 6.22. The van der Waals surface area contributed by atoms with Crippen molar-refractivity contribution in [2.45, 2.75) is 33.7 Å². The second-order valence-electron chi connectivity index (χ2n) is 5.65. The van der Waals surface area contributed by atoms with Gasteiger partial charge in [0, 0.05) is 18.4 Å². The summed E-state index contributed by atoms with van der Waals surface area (Å²) < 4.78 is 0. The van der Waals surface area contributed by atoms with Gasteiger partial charge in [0.1, 0.15) is 0 Å². The number of anilines is 2. The highest BCUT2D eigenvalue weighted by molar-refractivity contribution is 6.34. The minimum Gasteiger partial charge on any atom is -0.382 e. The molecule has 0 aliphatic heterocycles. The van der Waals surface area contributed by atoms with E-state index in [9.17, 15) is 4.79 Å². The lowest BCUT2D eigenvalue weighted by Crippen LogP contribution is -2.15. The summed E-state index contributed by atoms with van der Waals surface area (Å²) in [5.74, 6) is -0.228. The van der Waals surface area contributed by atoms with E-state index in [4.69, 9.17) is 11.6 Å². The second-order valence-corrected chi connectivity index (χ2v) is 6.06. The number of halogens is 1. The molecular formula is C17H20ClN3O. The van der Waals surface area contributed by atoms with E-state index in [1.54, 1.807) is 12.3 Å². The van der Waals surface area contributed by atoms with Crippen LogP contribution in [0, 0.1) is 13.8 Å². The van der Waals surface area contributed by atoms with Crippen LogP contribution in [0.2, 0.25) is 5.02 Å². The van der Waals surface area contributed by atoms with Crippen LogP contribution in [-0.4, -0.2) is 16.9 Å². The number of carbonyl (C=O) groups excluding carboxylic acids is 1. The van der Waals surface area contributed by atoms with Crippen molar-refractivity contribution in [1.82, 2.24) is 4.98 Å². The van der Waals surface area contributed by atoms with E-state index < -0.39 is 0 Å². The molecular weight excluding hydrogens is 298 g/mol. The molecule has 1 aromatic heterocycles. The standard InChI is InChI=1S/C17H20ClN3O/c1-10(2)20-14-7-13(8-19-9-14)17(22)21-16-12(4)5-11(3)6-15(16)18/h5-10,20H,1-4H3,(H,21,22). The molecule has 0 spiro atoms. The summed E-state index contributed by atoms with van der Waals surface area (Å²) in [6.07, 6.45) is 3.24. The molecule has 2 N–H and O–H groups in total. The molecule has 0 saturated carbocycles. The number of nitrogens with one attached hydrogen (secondary N) is 2. The fraction of sp³-hybridized carbons (Fsp3) is 0.294. The fourth-order valence-corrected chi connectivity index (χ4v) is 2.60. The van der Waals surface area contributed by atoms with Gasteiger partial charge in [0.2, 0.25) is 0 Å². The van der Waals surface area contributed by atoms with E-state index in [0.717, 1.165) is 16.8 Å². The van der Waals surface area contributed by atoms with E-state index in [0.29, 0.717) is 16.3 Å². The van der Waals surface area contributed by atoms with Crippen LogP contribution in [0.25, 0.3) is 0 Å². The summed E-state index contributed by atoms with van der Waals surface area (Å²) in [5, 5.41) is 6.63. The van der Waals surface area contributed by atoms with Crippen LogP contribution in [0.4, 0.5) is 11.4 Å². The van der Waals surface area contributed by atoms with Gasteiger partial charge in [0.25, 0.3) is 5.91 Å². The van der Waals surface area contributed by atoms with E-state index >= 15 is 0 Å². The Balaban J connectivity index is 2.23. The van der Waals surface area contributed by atoms with Gasteiger partial charge in [-0.15, -0.1) is 0 Å². The SMILES string of the molecule is Cc1cc(C)c(NC(=O)c2cncc(NC(C)C)c2)c(Cl)c1. The molecule has 22 heavy (non-hydrogen) atoms. The van der Waals surface area contributed by atoms with Gasteiger partial charge in [-0.05, 0) is 51.0 Å². The molecule has 0 saturated heterocycles. The Kier molecular flexibility index (Phi) is 5.03. The van der Waals surface area contributed by atoms with Gasteiger partial charge in [-0.25, -0.2) is 0 Å². The van der Waals surface area contributed by atoms with Crippen molar-refractivity contribution in [1.29, 1.82) is 0 Å². The molecule has 5 heteroatoms. The van der Waals surface area contributed by atoms with Crippen LogP contribution in [0.3, 0.4) is 0 Å². The maximum Gasteiger partial charge on any atom is 0.257 e. The molecule has 0 fully saturated rings. The predicted molar refractivity (Wildman–Crippen MR) is 91.9 cm³/mol. The quantitative estimate of drug-likeness (QED) is 0.877. The molecule has 0 atom stereocenters. The van der Waals surface area contributed by atoms with Crippen molar-refractivity contribution in [3.8, 4) is 0 Å². The fourth-order valence-electron chi connectivity index (χ4n) is 2.24. The smallest absolute Gasteiger partial charge is 0.257 e. The first-order valence-corrected chi connectivity index (χ1v) is 7.54. The van der Waals surface area contributed by atoms with E-state index in [1.165, 1.54) is 6.20 Å². The number of carbonyl (C=O) groups is 1. The van der Waals surface area contributed by atoms with Crippen molar-refractivity contribution in [2.24, 2.45) is 0 Å². The maximum atomic E-state index is 12.4. The maximum absolute atomic E-state index is 12.4. The van der Waals surface area contributed by atoms with Crippen molar-refractivity contribution in [3.63, 3.8) is 0 Å². The topological polar surface area (TPSA) is 54.0 Å². The van der Waals surface area contributed by atoms with Crippen LogP contribution >= 0.6 is 11.6 Å². The van der Waals surface area contributed by atoms with E-state index in [1.807, 2.05) is 39.8 Å². The lowest BCUT2D eigenvalue weighted by molar-refractivity contribution is 0.102. The first kappa shape index (κ1) is 16.3. The zero-order valence-electron chi connectivity index (χ0n) is 13.2. The molecule has 0 bridgehead atoms. The molecule has 0 aliphatic carbocycles. The lowest BCUT2D eigenvalue weighted by Gasteiger charge is -2.13. The number of hydrogen-bond donors (Lipinski definition) is 2.